The van der Waals surface area contributed by atoms with Gasteiger partial charge in [0, 0.05) is 26.3 Å². The van der Waals surface area contributed by atoms with Gasteiger partial charge in [-0.2, -0.15) is 0 Å². The number of aromatic nitrogens is 1. The van der Waals surface area contributed by atoms with Crippen molar-refractivity contribution in [2.45, 2.75) is 18.9 Å². The highest BCUT2D eigenvalue weighted by Gasteiger charge is 2.15. The molecule has 1 aliphatic heterocycles. The minimum absolute atomic E-state index is 0.527. The van der Waals surface area contributed by atoms with E-state index in [1.54, 1.807) is 0 Å². The van der Waals surface area contributed by atoms with Crippen LogP contribution in [0.2, 0.25) is 0 Å². The summed E-state index contributed by atoms with van der Waals surface area (Å²) in [7, 11) is 4.02. The second-order valence-electron chi connectivity index (χ2n) is 3.99. The minimum atomic E-state index is 0.527. The largest absolute Gasteiger partial charge is 0.363 e. The van der Waals surface area contributed by atoms with Gasteiger partial charge in [-0.15, -0.1) is 0 Å². The molecule has 0 aliphatic carbocycles. The third-order valence-corrected chi connectivity index (χ3v) is 2.69. The first-order chi connectivity index (χ1) is 6.77. The monoisotopic (exact) mass is 191 g/mol. The van der Waals surface area contributed by atoms with Gasteiger partial charge in [0.25, 0.3) is 0 Å². The molecule has 0 bridgehead atoms. The molecule has 1 aromatic heterocycles. The lowest BCUT2D eigenvalue weighted by molar-refractivity contribution is 0.645. The molecule has 0 amide bonds. The van der Waals surface area contributed by atoms with Crippen molar-refractivity contribution < 1.29 is 0 Å². The van der Waals surface area contributed by atoms with Crippen LogP contribution in [0.15, 0.2) is 18.3 Å². The van der Waals surface area contributed by atoms with Gasteiger partial charge in [-0.05, 0) is 31.0 Å². The number of rotatable bonds is 2. The fraction of sp³-hybridized carbons (Fsp3) is 0.545. The summed E-state index contributed by atoms with van der Waals surface area (Å²) in [4.78, 5) is 6.43. The Morgan fingerprint density at radius 3 is 2.79 bits per heavy atom. The van der Waals surface area contributed by atoms with Crippen molar-refractivity contribution in [2.75, 3.05) is 25.5 Å². The van der Waals surface area contributed by atoms with Crippen molar-refractivity contribution in [3.8, 4) is 0 Å². The molecule has 14 heavy (non-hydrogen) atoms. The molecular formula is C11H17N3. The maximum absolute atomic E-state index is 4.41. The van der Waals surface area contributed by atoms with Crippen LogP contribution < -0.4 is 10.2 Å². The molecule has 1 unspecified atom stereocenters. The van der Waals surface area contributed by atoms with Crippen molar-refractivity contribution in [2.24, 2.45) is 0 Å². The second-order valence-corrected chi connectivity index (χ2v) is 3.99. The minimum Gasteiger partial charge on any atom is -0.363 e. The Bertz CT molecular complexity index is 286. The summed E-state index contributed by atoms with van der Waals surface area (Å²) < 4.78 is 0. The molecule has 0 spiro atoms. The number of pyridine rings is 1. The summed E-state index contributed by atoms with van der Waals surface area (Å²) in [6, 6.07) is 4.78. The standard InChI is InChI=1S/C11H17N3/c1-14(2)11-6-5-9(8-13-11)10-4-3-7-12-10/h5-6,8,10,12H,3-4,7H2,1-2H3. The molecule has 1 aliphatic rings. The lowest BCUT2D eigenvalue weighted by atomic mass is 10.1. The predicted octanol–water partition coefficient (Wildman–Crippen LogP) is 1.57. The van der Waals surface area contributed by atoms with E-state index in [9.17, 15) is 0 Å². The SMILES string of the molecule is CN(C)c1ccc(C2CCCN2)cn1. The molecule has 1 fully saturated rings. The van der Waals surface area contributed by atoms with Gasteiger partial charge in [0.1, 0.15) is 5.82 Å². The maximum atomic E-state index is 4.41. The third kappa shape index (κ3) is 1.87. The Morgan fingerprint density at radius 2 is 2.29 bits per heavy atom. The summed E-state index contributed by atoms with van der Waals surface area (Å²) in [5.74, 6) is 1.02. The second kappa shape index (κ2) is 3.96. The van der Waals surface area contributed by atoms with E-state index in [0.717, 1.165) is 12.4 Å². The molecule has 1 aromatic rings. The van der Waals surface area contributed by atoms with Gasteiger partial charge in [0.2, 0.25) is 0 Å². The Kier molecular flexibility index (Phi) is 2.68. The Morgan fingerprint density at radius 1 is 1.43 bits per heavy atom. The van der Waals surface area contributed by atoms with Crippen molar-refractivity contribution in [3.63, 3.8) is 0 Å². The molecule has 0 saturated carbocycles. The van der Waals surface area contributed by atoms with E-state index in [4.69, 9.17) is 0 Å². The van der Waals surface area contributed by atoms with E-state index in [2.05, 4.69) is 22.4 Å². The van der Waals surface area contributed by atoms with E-state index in [1.165, 1.54) is 18.4 Å². The molecule has 2 heterocycles. The molecule has 76 valence electrons. The summed E-state index contributed by atoms with van der Waals surface area (Å²) in [5, 5.41) is 3.47. The Labute approximate surface area is 85.1 Å². The van der Waals surface area contributed by atoms with Gasteiger partial charge in [0.15, 0.2) is 0 Å². The molecule has 0 aromatic carbocycles. The average molecular weight is 191 g/mol. The summed E-state index contributed by atoms with van der Waals surface area (Å²) >= 11 is 0. The van der Waals surface area contributed by atoms with Crippen molar-refractivity contribution >= 4 is 5.82 Å². The zero-order chi connectivity index (χ0) is 9.97. The van der Waals surface area contributed by atoms with Gasteiger partial charge < -0.3 is 10.2 Å². The van der Waals surface area contributed by atoms with E-state index >= 15 is 0 Å². The smallest absolute Gasteiger partial charge is 0.127 e. The van der Waals surface area contributed by atoms with Crippen molar-refractivity contribution in [1.29, 1.82) is 0 Å². The van der Waals surface area contributed by atoms with E-state index < -0.39 is 0 Å². The first-order valence-corrected chi connectivity index (χ1v) is 5.14. The number of hydrogen-bond acceptors (Lipinski definition) is 3. The maximum Gasteiger partial charge on any atom is 0.127 e. The quantitative estimate of drug-likeness (QED) is 0.769. The van der Waals surface area contributed by atoms with E-state index in [-0.39, 0.29) is 0 Å². The average Bonchev–Trinajstić information content (AvgIpc) is 2.71. The fourth-order valence-electron chi connectivity index (χ4n) is 1.84. The first-order valence-electron chi connectivity index (χ1n) is 5.14. The van der Waals surface area contributed by atoms with Crippen LogP contribution in [0.1, 0.15) is 24.4 Å². The van der Waals surface area contributed by atoms with Gasteiger partial charge in [-0.25, -0.2) is 4.98 Å². The van der Waals surface area contributed by atoms with Gasteiger partial charge in [0.05, 0.1) is 0 Å². The zero-order valence-corrected chi connectivity index (χ0v) is 8.83. The number of nitrogens with zero attached hydrogens (tertiary/aromatic N) is 2. The lowest BCUT2D eigenvalue weighted by Crippen LogP contribution is -2.14. The molecule has 3 nitrogen and oxygen atoms in total. The first kappa shape index (κ1) is 9.46. The molecule has 1 saturated heterocycles. The zero-order valence-electron chi connectivity index (χ0n) is 8.83. The third-order valence-electron chi connectivity index (χ3n) is 2.69. The summed E-state index contributed by atoms with van der Waals surface area (Å²) in [6.07, 6.45) is 4.50. The Balaban J connectivity index is 2.12. The highest BCUT2D eigenvalue weighted by Crippen LogP contribution is 2.23. The van der Waals surface area contributed by atoms with Gasteiger partial charge in [-0.3, -0.25) is 0 Å². The van der Waals surface area contributed by atoms with E-state index in [1.807, 2.05) is 25.2 Å². The highest BCUT2D eigenvalue weighted by atomic mass is 15.1. The highest BCUT2D eigenvalue weighted by molar-refractivity contribution is 5.37. The number of hydrogen-bond donors (Lipinski definition) is 1. The lowest BCUT2D eigenvalue weighted by Gasteiger charge is -2.14. The summed E-state index contributed by atoms with van der Waals surface area (Å²) in [6.45, 7) is 1.14. The normalized spacial score (nSPS) is 21.1. The molecule has 3 heteroatoms. The Hall–Kier alpha value is -1.09. The van der Waals surface area contributed by atoms with Crippen LogP contribution in [0, 0.1) is 0 Å². The van der Waals surface area contributed by atoms with Crippen LogP contribution in [0.5, 0.6) is 0 Å². The molecule has 1 N–H and O–H groups in total. The van der Waals surface area contributed by atoms with Crippen LogP contribution in [-0.2, 0) is 0 Å². The van der Waals surface area contributed by atoms with Gasteiger partial charge in [-0.1, -0.05) is 6.07 Å². The van der Waals surface area contributed by atoms with Crippen LogP contribution in [0.25, 0.3) is 0 Å². The van der Waals surface area contributed by atoms with E-state index in [0.29, 0.717) is 6.04 Å². The number of anilines is 1. The van der Waals surface area contributed by atoms with Crippen LogP contribution >= 0.6 is 0 Å². The fourth-order valence-corrected chi connectivity index (χ4v) is 1.84. The molecule has 0 radical (unpaired) electrons. The van der Waals surface area contributed by atoms with Crippen LogP contribution in [-0.4, -0.2) is 25.6 Å². The van der Waals surface area contributed by atoms with Crippen molar-refractivity contribution in [3.05, 3.63) is 23.9 Å². The molecular weight excluding hydrogens is 174 g/mol. The molecule has 1 atom stereocenters. The molecule has 2 rings (SSSR count). The predicted molar refractivity (Wildman–Crippen MR) is 58.5 cm³/mol. The number of nitrogens with one attached hydrogen (secondary N) is 1. The van der Waals surface area contributed by atoms with Gasteiger partial charge >= 0.3 is 0 Å². The van der Waals surface area contributed by atoms with Crippen molar-refractivity contribution in [1.82, 2.24) is 10.3 Å². The topological polar surface area (TPSA) is 28.2 Å². The van der Waals surface area contributed by atoms with Crippen LogP contribution in [0.3, 0.4) is 0 Å². The van der Waals surface area contributed by atoms with Crippen LogP contribution in [0.4, 0.5) is 5.82 Å². The summed E-state index contributed by atoms with van der Waals surface area (Å²) in [5.41, 5.74) is 1.31.